The van der Waals surface area contributed by atoms with Gasteiger partial charge in [-0.15, -0.1) is 0 Å². The summed E-state index contributed by atoms with van der Waals surface area (Å²) in [6.07, 6.45) is 1.15. The molecule has 1 atom stereocenters. The lowest BCUT2D eigenvalue weighted by molar-refractivity contribution is -0.121. The van der Waals surface area contributed by atoms with Crippen molar-refractivity contribution in [3.05, 3.63) is 34.1 Å². The van der Waals surface area contributed by atoms with Gasteiger partial charge in [-0.2, -0.15) is 0 Å². The van der Waals surface area contributed by atoms with Crippen LogP contribution in [0.5, 0.6) is 0 Å². The van der Waals surface area contributed by atoms with E-state index in [1.807, 2.05) is 6.92 Å². The van der Waals surface area contributed by atoms with Crippen molar-refractivity contribution in [1.82, 2.24) is 5.32 Å². The lowest BCUT2D eigenvalue weighted by atomic mass is 10.2. The van der Waals surface area contributed by atoms with Crippen LogP contribution in [0.1, 0.15) is 25.3 Å². The zero-order valence-corrected chi connectivity index (χ0v) is 12.1. The lowest BCUT2D eigenvalue weighted by Gasteiger charge is -2.09. The minimum atomic E-state index is -0.318. The van der Waals surface area contributed by atoms with Crippen molar-refractivity contribution in [3.63, 3.8) is 0 Å². The number of nitrogens with one attached hydrogen (secondary N) is 1. The van der Waals surface area contributed by atoms with Gasteiger partial charge in [-0.25, -0.2) is 4.39 Å². The quantitative estimate of drug-likeness (QED) is 0.875. The van der Waals surface area contributed by atoms with Gasteiger partial charge in [0, 0.05) is 24.5 Å². The van der Waals surface area contributed by atoms with Gasteiger partial charge in [0.2, 0.25) is 5.91 Å². The van der Waals surface area contributed by atoms with Crippen LogP contribution >= 0.6 is 15.9 Å². The van der Waals surface area contributed by atoms with Crippen molar-refractivity contribution in [3.8, 4) is 0 Å². The molecule has 0 unspecified atom stereocenters. The van der Waals surface area contributed by atoms with Gasteiger partial charge in [0.05, 0.1) is 6.10 Å². The Bertz CT molecular complexity index is 392. The number of carbonyl (C=O) groups is 1. The Morgan fingerprint density at radius 2 is 2.22 bits per heavy atom. The Balaban J connectivity index is 2.38. The van der Waals surface area contributed by atoms with Crippen LogP contribution in [0.15, 0.2) is 22.7 Å². The molecule has 18 heavy (non-hydrogen) atoms. The van der Waals surface area contributed by atoms with Crippen molar-refractivity contribution >= 4 is 21.8 Å². The van der Waals surface area contributed by atoms with E-state index in [1.165, 1.54) is 12.1 Å². The van der Waals surface area contributed by atoms with Gasteiger partial charge in [-0.1, -0.05) is 15.9 Å². The van der Waals surface area contributed by atoms with Crippen molar-refractivity contribution < 1.29 is 13.9 Å². The van der Waals surface area contributed by atoms with Crippen molar-refractivity contribution in [2.24, 2.45) is 0 Å². The molecule has 1 aromatic carbocycles. The molecule has 0 saturated heterocycles. The number of halogens is 2. The fourth-order valence-electron chi connectivity index (χ4n) is 1.45. The van der Waals surface area contributed by atoms with E-state index in [0.29, 0.717) is 23.9 Å². The Kier molecular flexibility index (Phi) is 6.29. The number of amides is 1. The molecule has 0 aliphatic heterocycles. The van der Waals surface area contributed by atoms with Gasteiger partial charge in [0.15, 0.2) is 0 Å². The first-order valence-electron chi connectivity index (χ1n) is 5.75. The van der Waals surface area contributed by atoms with E-state index >= 15 is 0 Å². The monoisotopic (exact) mass is 317 g/mol. The number of hydrogen-bond acceptors (Lipinski definition) is 2. The highest BCUT2D eigenvalue weighted by molar-refractivity contribution is 9.10. The van der Waals surface area contributed by atoms with Crippen LogP contribution in [-0.2, 0) is 16.1 Å². The van der Waals surface area contributed by atoms with Gasteiger partial charge in [-0.3, -0.25) is 4.79 Å². The summed E-state index contributed by atoms with van der Waals surface area (Å²) in [6.45, 7) is 2.24. The van der Waals surface area contributed by atoms with Crippen LogP contribution in [0.25, 0.3) is 0 Å². The van der Waals surface area contributed by atoms with E-state index in [1.54, 1.807) is 13.2 Å². The predicted molar refractivity (Wildman–Crippen MR) is 71.7 cm³/mol. The van der Waals surface area contributed by atoms with Crippen molar-refractivity contribution in [1.29, 1.82) is 0 Å². The molecule has 3 nitrogen and oxygen atoms in total. The summed E-state index contributed by atoms with van der Waals surface area (Å²) >= 11 is 3.21. The summed E-state index contributed by atoms with van der Waals surface area (Å²) in [5, 5.41) is 2.75. The van der Waals surface area contributed by atoms with Gasteiger partial charge < -0.3 is 10.1 Å². The van der Waals surface area contributed by atoms with E-state index < -0.39 is 0 Å². The van der Waals surface area contributed by atoms with E-state index in [9.17, 15) is 9.18 Å². The summed E-state index contributed by atoms with van der Waals surface area (Å²) in [6, 6.07) is 4.57. The first kappa shape index (κ1) is 15.1. The van der Waals surface area contributed by atoms with Crippen LogP contribution in [0, 0.1) is 5.82 Å². The topological polar surface area (TPSA) is 38.3 Å². The molecule has 1 amide bonds. The Morgan fingerprint density at radius 3 is 2.83 bits per heavy atom. The molecular weight excluding hydrogens is 301 g/mol. The van der Waals surface area contributed by atoms with Crippen LogP contribution in [0.2, 0.25) is 0 Å². The molecule has 0 aliphatic rings. The predicted octanol–water partition coefficient (Wildman–Crippen LogP) is 3.02. The summed E-state index contributed by atoms with van der Waals surface area (Å²) in [5.74, 6) is -0.374. The van der Waals surface area contributed by atoms with Gasteiger partial charge >= 0.3 is 0 Å². The molecule has 0 radical (unpaired) electrons. The maximum absolute atomic E-state index is 13.1. The van der Waals surface area contributed by atoms with E-state index in [0.717, 1.165) is 5.56 Å². The Hall–Kier alpha value is -0.940. The molecule has 1 N–H and O–H groups in total. The van der Waals surface area contributed by atoms with Crippen LogP contribution < -0.4 is 5.32 Å². The third-order valence-electron chi connectivity index (χ3n) is 2.59. The maximum atomic E-state index is 13.1. The minimum absolute atomic E-state index is 0.0562. The average Bonchev–Trinajstić information content (AvgIpc) is 2.32. The molecule has 0 saturated carbocycles. The van der Waals surface area contributed by atoms with E-state index in [4.69, 9.17) is 4.74 Å². The van der Waals surface area contributed by atoms with Gasteiger partial charge in [0.1, 0.15) is 5.82 Å². The SMILES string of the molecule is CO[C@H](C)CCC(=O)NCc1cc(F)cc(Br)c1. The van der Waals surface area contributed by atoms with Crippen LogP contribution in [0.4, 0.5) is 4.39 Å². The number of ether oxygens (including phenoxy) is 1. The molecule has 0 fully saturated rings. The number of benzene rings is 1. The Morgan fingerprint density at radius 1 is 1.50 bits per heavy atom. The zero-order valence-electron chi connectivity index (χ0n) is 10.5. The molecule has 0 aromatic heterocycles. The standard InChI is InChI=1S/C13H17BrFNO2/c1-9(18-2)3-4-13(17)16-8-10-5-11(14)7-12(15)6-10/h5-7,9H,3-4,8H2,1-2H3,(H,16,17)/t9-/m1/s1. The third-order valence-corrected chi connectivity index (χ3v) is 3.05. The third kappa shape index (κ3) is 5.60. The molecular formula is C13H17BrFNO2. The van der Waals surface area contributed by atoms with Gasteiger partial charge in [-0.05, 0) is 37.1 Å². The smallest absolute Gasteiger partial charge is 0.220 e. The second kappa shape index (κ2) is 7.48. The summed E-state index contributed by atoms with van der Waals surface area (Å²) in [4.78, 5) is 11.5. The maximum Gasteiger partial charge on any atom is 0.220 e. The highest BCUT2D eigenvalue weighted by Crippen LogP contribution is 2.14. The second-order valence-electron chi connectivity index (χ2n) is 4.14. The molecule has 1 rings (SSSR count). The highest BCUT2D eigenvalue weighted by atomic mass is 79.9. The summed E-state index contributed by atoms with van der Waals surface area (Å²) < 4.78 is 18.8. The fraction of sp³-hybridized carbons (Fsp3) is 0.462. The van der Waals surface area contributed by atoms with Crippen molar-refractivity contribution in [2.45, 2.75) is 32.4 Å². The van der Waals surface area contributed by atoms with E-state index in [-0.39, 0.29) is 17.8 Å². The molecule has 100 valence electrons. The fourth-order valence-corrected chi connectivity index (χ4v) is 1.97. The summed E-state index contributed by atoms with van der Waals surface area (Å²) in [7, 11) is 1.62. The Labute approximate surface area is 115 Å². The number of carbonyl (C=O) groups excluding carboxylic acids is 1. The molecule has 1 aromatic rings. The normalized spacial score (nSPS) is 12.2. The molecule has 5 heteroatoms. The first-order valence-corrected chi connectivity index (χ1v) is 6.55. The molecule has 0 bridgehead atoms. The molecule has 0 aliphatic carbocycles. The molecule has 0 heterocycles. The second-order valence-corrected chi connectivity index (χ2v) is 5.06. The van der Waals surface area contributed by atoms with Gasteiger partial charge in [0.25, 0.3) is 0 Å². The average molecular weight is 318 g/mol. The lowest BCUT2D eigenvalue weighted by Crippen LogP contribution is -2.23. The van der Waals surface area contributed by atoms with Crippen LogP contribution in [-0.4, -0.2) is 19.1 Å². The van der Waals surface area contributed by atoms with Crippen molar-refractivity contribution in [2.75, 3.05) is 7.11 Å². The first-order chi connectivity index (χ1) is 8.51. The molecule has 0 spiro atoms. The summed E-state index contributed by atoms with van der Waals surface area (Å²) in [5.41, 5.74) is 0.731. The number of hydrogen-bond donors (Lipinski definition) is 1. The van der Waals surface area contributed by atoms with Crippen LogP contribution in [0.3, 0.4) is 0 Å². The van der Waals surface area contributed by atoms with E-state index in [2.05, 4.69) is 21.2 Å². The number of methoxy groups -OCH3 is 1. The number of rotatable bonds is 6. The largest absolute Gasteiger partial charge is 0.382 e. The zero-order chi connectivity index (χ0) is 13.5. The highest BCUT2D eigenvalue weighted by Gasteiger charge is 2.06. The minimum Gasteiger partial charge on any atom is -0.382 e.